The minimum atomic E-state index is 0.540. The lowest BCUT2D eigenvalue weighted by Crippen LogP contribution is -2.45. The van der Waals surface area contributed by atoms with Gasteiger partial charge in [0.25, 0.3) is 0 Å². The van der Waals surface area contributed by atoms with Crippen molar-refractivity contribution in [3.8, 4) is 11.4 Å². The van der Waals surface area contributed by atoms with Gasteiger partial charge in [-0.1, -0.05) is 0 Å². The molecule has 0 bridgehead atoms. The summed E-state index contributed by atoms with van der Waals surface area (Å²) in [5.41, 5.74) is 2.12. The number of nitrogens with one attached hydrogen (secondary N) is 2. The third-order valence-electron chi connectivity index (χ3n) is 4.56. The normalized spacial score (nSPS) is 25.1. The Kier molecular flexibility index (Phi) is 3.11. The molecule has 110 valence electrons. The number of aromatic amines is 1. The van der Waals surface area contributed by atoms with Gasteiger partial charge in [0.1, 0.15) is 0 Å². The Morgan fingerprint density at radius 1 is 1.29 bits per heavy atom. The fraction of sp³-hybridized carbons (Fsp3) is 0.533. The molecule has 2 fully saturated rings. The molecule has 0 aliphatic carbocycles. The van der Waals surface area contributed by atoms with E-state index in [4.69, 9.17) is 4.98 Å². The van der Waals surface area contributed by atoms with E-state index < -0.39 is 0 Å². The molecule has 2 aromatic heterocycles. The summed E-state index contributed by atoms with van der Waals surface area (Å²) >= 11 is 0. The molecule has 0 amide bonds. The van der Waals surface area contributed by atoms with Crippen LogP contribution in [0.2, 0.25) is 0 Å². The van der Waals surface area contributed by atoms with E-state index in [1.54, 1.807) is 0 Å². The number of aryl methyl sites for hydroxylation is 1. The summed E-state index contributed by atoms with van der Waals surface area (Å²) in [6.07, 6.45) is 6.21. The van der Waals surface area contributed by atoms with E-state index >= 15 is 0 Å². The second-order valence-corrected chi connectivity index (χ2v) is 6.06. The number of H-pyrrole nitrogens is 1. The number of anilines is 1. The second-order valence-electron chi connectivity index (χ2n) is 6.06. The van der Waals surface area contributed by atoms with Gasteiger partial charge in [-0.3, -0.25) is 10.1 Å². The SMILES string of the molecule is Cc1cncc(-c2nc(N3CCCC4CNCC43)n[nH]2)c1. The topological polar surface area (TPSA) is 69.7 Å². The Balaban J connectivity index is 1.62. The van der Waals surface area contributed by atoms with Crippen LogP contribution in [0.4, 0.5) is 5.95 Å². The summed E-state index contributed by atoms with van der Waals surface area (Å²) in [5.74, 6) is 2.36. The molecule has 6 heteroatoms. The number of pyridine rings is 1. The minimum Gasteiger partial charge on any atom is -0.335 e. The van der Waals surface area contributed by atoms with Crippen LogP contribution in [0.25, 0.3) is 11.4 Å². The fourth-order valence-electron chi connectivity index (χ4n) is 3.51. The highest BCUT2D eigenvalue weighted by Crippen LogP contribution is 2.29. The van der Waals surface area contributed by atoms with Gasteiger partial charge in [-0.15, -0.1) is 5.10 Å². The zero-order chi connectivity index (χ0) is 14.2. The highest BCUT2D eigenvalue weighted by molar-refractivity contribution is 5.56. The maximum atomic E-state index is 4.70. The first-order valence-corrected chi connectivity index (χ1v) is 7.63. The summed E-state index contributed by atoms with van der Waals surface area (Å²) in [4.78, 5) is 11.3. The molecule has 2 aromatic rings. The van der Waals surface area contributed by atoms with E-state index in [1.807, 2.05) is 19.3 Å². The molecular weight excluding hydrogens is 264 g/mol. The quantitative estimate of drug-likeness (QED) is 0.871. The zero-order valence-corrected chi connectivity index (χ0v) is 12.2. The number of fused-ring (bicyclic) bond motifs is 1. The van der Waals surface area contributed by atoms with Crippen LogP contribution in [0.1, 0.15) is 18.4 Å². The Morgan fingerprint density at radius 3 is 3.14 bits per heavy atom. The molecule has 21 heavy (non-hydrogen) atoms. The summed E-state index contributed by atoms with van der Waals surface area (Å²) in [6.45, 7) is 5.25. The van der Waals surface area contributed by atoms with Crippen molar-refractivity contribution in [2.45, 2.75) is 25.8 Å². The van der Waals surface area contributed by atoms with E-state index in [-0.39, 0.29) is 0 Å². The van der Waals surface area contributed by atoms with Crippen LogP contribution in [0.5, 0.6) is 0 Å². The Bertz CT molecular complexity index is 637. The number of nitrogens with zero attached hydrogens (tertiary/aromatic N) is 4. The van der Waals surface area contributed by atoms with Crippen molar-refractivity contribution >= 4 is 5.95 Å². The van der Waals surface area contributed by atoms with Crippen LogP contribution >= 0.6 is 0 Å². The summed E-state index contributed by atoms with van der Waals surface area (Å²) in [5, 5.41) is 11.0. The Labute approximate surface area is 124 Å². The number of piperidine rings is 1. The number of rotatable bonds is 2. The first-order valence-electron chi connectivity index (χ1n) is 7.63. The highest BCUT2D eigenvalue weighted by Gasteiger charge is 2.36. The molecule has 2 saturated heterocycles. The molecule has 2 aliphatic rings. The molecule has 0 aromatic carbocycles. The predicted octanol–water partition coefficient (Wildman–Crippen LogP) is 1.36. The van der Waals surface area contributed by atoms with Crippen LogP contribution in [0.3, 0.4) is 0 Å². The van der Waals surface area contributed by atoms with Crippen LogP contribution in [-0.2, 0) is 0 Å². The summed E-state index contributed by atoms with van der Waals surface area (Å²) in [7, 11) is 0. The third-order valence-corrected chi connectivity index (χ3v) is 4.56. The van der Waals surface area contributed by atoms with Crippen molar-refractivity contribution in [1.29, 1.82) is 0 Å². The van der Waals surface area contributed by atoms with Crippen molar-refractivity contribution < 1.29 is 0 Å². The van der Waals surface area contributed by atoms with Gasteiger partial charge in [-0.2, -0.15) is 4.98 Å². The lowest BCUT2D eigenvalue weighted by Gasteiger charge is -2.36. The van der Waals surface area contributed by atoms with Crippen molar-refractivity contribution in [3.63, 3.8) is 0 Å². The van der Waals surface area contributed by atoms with Gasteiger partial charge in [0.15, 0.2) is 5.82 Å². The van der Waals surface area contributed by atoms with Crippen LogP contribution < -0.4 is 10.2 Å². The van der Waals surface area contributed by atoms with E-state index in [0.29, 0.717) is 6.04 Å². The van der Waals surface area contributed by atoms with Crippen LogP contribution in [0.15, 0.2) is 18.5 Å². The lowest BCUT2D eigenvalue weighted by atomic mass is 9.92. The summed E-state index contributed by atoms with van der Waals surface area (Å²) < 4.78 is 0. The molecule has 4 rings (SSSR count). The molecule has 0 radical (unpaired) electrons. The van der Waals surface area contributed by atoms with Crippen LogP contribution in [0, 0.1) is 12.8 Å². The van der Waals surface area contributed by atoms with Gasteiger partial charge < -0.3 is 10.2 Å². The maximum Gasteiger partial charge on any atom is 0.245 e. The largest absolute Gasteiger partial charge is 0.335 e. The van der Waals surface area contributed by atoms with Crippen molar-refractivity contribution in [3.05, 3.63) is 24.0 Å². The van der Waals surface area contributed by atoms with E-state index in [0.717, 1.165) is 48.5 Å². The first-order chi connectivity index (χ1) is 10.3. The van der Waals surface area contributed by atoms with Gasteiger partial charge in [-0.05, 0) is 37.3 Å². The number of aromatic nitrogens is 4. The molecule has 2 aliphatic heterocycles. The molecule has 6 nitrogen and oxygen atoms in total. The predicted molar refractivity (Wildman–Crippen MR) is 81.1 cm³/mol. The minimum absolute atomic E-state index is 0.540. The maximum absolute atomic E-state index is 4.70. The van der Waals surface area contributed by atoms with Gasteiger partial charge >= 0.3 is 0 Å². The Morgan fingerprint density at radius 2 is 2.24 bits per heavy atom. The molecular formula is C15H20N6. The molecule has 0 spiro atoms. The van der Waals surface area contributed by atoms with Gasteiger partial charge in [0.2, 0.25) is 5.95 Å². The summed E-state index contributed by atoms with van der Waals surface area (Å²) in [6, 6.07) is 2.62. The third kappa shape index (κ3) is 2.29. The molecule has 2 atom stereocenters. The Hall–Kier alpha value is -1.95. The van der Waals surface area contributed by atoms with Crippen molar-refractivity contribution in [2.24, 2.45) is 5.92 Å². The fourth-order valence-corrected chi connectivity index (χ4v) is 3.51. The van der Waals surface area contributed by atoms with Gasteiger partial charge in [0.05, 0.1) is 0 Å². The standard InChI is InChI=1S/C15H20N6/c1-10-5-12(8-16-6-10)14-18-15(20-19-14)21-4-2-3-11-7-17-9-13(11)21/h5-6,8,11,13,17H,2-4,7,9H2,1H3,(H,18,19,20). The van der Waals surface area contributed by atoms with Gasteiger partial charge in [-0.25, -0.2) is 0 Å². The molecule has 0 saturated carbocycles. The second kappa shape index (κ2) is 5.11. The van der Waals surface area contributed by atoms with E-state index in [9.17, 15) is 0 Å². The van der Waals surface area contributed by atoms with Gasteiger partial charge in [0, 0.05) is 43.6 Å². The molecule has 2 N–H and O–H groups in total. The lowest BCUT2D eigenvalue weighted by molar-refractivity contribution is 0.381. The number of hydrogen-bond acceptors (Lipinski definition) is 5. The van der Waals surface area contributed by atoms with Crippen molar-refractivity contribution in [1.82, 2.24) is 25.5 Å². The van der Waals surface area contributed by atoms with Crippen molar-refractivity contribution in [2.75, 3.05) is 24.5 Å². The number of hydrogen-bond donors (Lipinski definition) is 2. The van der Waals surface area contributed by atoms with E-state index in [2.05, 4.69) is 31.5 Å². The van der Waals surface area contributed by atoms with E-state index in [1.165, 1.54) is 12.8 Å². The first kappa shape index (κ1) is 12.8. The average Bonchev–Trinajstić information content (AvgIpc) is 3.16. The highest BCUT2D eigenvalue weighted by atomic mass is 15.4. The molecule has 2 unspecified atom stereocenters. The zero-order valence-electron chi connectivity index (χ0n) is 12.2. The average molecular weight is 284 g/mol. The smallest absolute Gasteiger partial charge is 0.245 e. The van der Waals surface area contributed by atoms with Crippen LogP contribution in [-0.4, -0.2) is 45.8 Å². The molecule has 4 heterocycles. The monoisotopic (exact) mass is 284 g/mol.